The number of pyridine rings is 1. The molecule has 2 aliphatic carbocycles. The molecule has 1 spiro atoms. The van der Waals surface area contributed by atoms with E-state index < -0.39 is 18.8 Å². The summed E-state index contributed by atoms with van der Waals surface area (Å²) in [5.41, 5.74) is 1.87. The van der Waals surface area contributed by atoms with E-state index in [0.717, 1.165) is 44.2 Å². The molecule has 1 saturated heterocycles. The molecule has 160 valence electrons. The Balaban J connectivity index is 1.24. The Kier molecular flexibility index (Phi) is 4.71. The van der Waals surface area contributed by atoms with Crippen LogP contribution in [0.15, 0.2) is 18.2 Å². The predicted octanol–water partition coefficient (Wildman–Crippen LogP) is 3.22. The molecule has 2 aromatic rings. The molecule has 0 aromatic carbocycles. The highest BCUT2D eigenvalue weighted by molar-refractivity contribution is 5.92. The third-order valence-corrected chi connectivity index (χ3v) is 6.77. The lowest BCUT2D eigenvalue weighted by Gasteiger charge is -2.53. The zero-order valence-electron chi connectivity index (χ0n) is 16.7. The topological polar surface area (TPSA) is 79.6 Å². The lowest BCUT2D eigenvalue weighted by Crippen LogP contribution is -2.59. The van der Waals surface area contributed by atoms with Crippen LogP contribution < -0.4 is 5.32 Å². The number of nitrogens with one attached hydrogen (secondary N) is 1. The maximum absolute atomic E-state index is 12.4. The summed E-state index contributed by atoms with van der Waals surface area (Å²) in [6, 6.07) is 5.90. The minimum absolute atomic E-state index is 0.0111. The number of likely N-dealkylation sites (tertiary alicyclic amines) is 1. The Bertz CT molecular complexity index is 971. The molecule has 2 amide bonds. The number of rotatable bonds is 5. The first-order valence-electron chi connectivity index (χ1n) is 10.6. The van der Waals surface area contributed by atoms with Crippen molar-refractivity contribution in [2.75, 3.05) is 18.4 Å². The van der Waals surface area contributed by atoms with Gasteiger partial charge in [0.05, 0.1) is 6.42 Å². The third kappa shape index (κ3) is 3.65. The molecule has 0 bridgehead atoms. The highest BCUT2D eigenvalue weighted by atomic mass is 19.3. The van der Waals surface area contributed by atoms with E-state index in [1.165, 1.54) is 0 Å². The van der Waals surface area contributed by atoms with Crippen molar-refractivity contribution in [2.45, 2.75) is 57.3 Å². The summed E-state index contributed by atoms with van der Waals surface area (Å²) in [4.78, 5) is 29.8. The van der Waals surface area contributed by atoms with Crippen LogP contribution in [0.25, 0.3) is 5.65 Å². The maximum Gasteiger partial charge on any atom is 0.249 e. The molecule has 3 heterocycles. The summed E-state index contributed by atoms with van der Waals surface area (Å²) >= 11 is 0. The molecule has 0 atom stereocenters. The number of halogens is 2. The first-order valence-corrected chi connectivity index (χ1v) is 10.6. The lowest BCUT2D eigenvalue weighted by molar-refractivity contribution is -0.148. The standard InChI is InChI=1S/C21H25F2N5O2/c22-16(23)10-18(29)27-11-21(12-27)8-6-13(7-9-21)15-2-1-3-17-24-20(26-28(15)17)25-19(30)14-4-5-14/h1-3,13-14,16H,4-12H2,(H,25,26,30). The molecule has 9 heteroatoms. The van der Waals surface area contributed by atoms with E-state index in [1.54, 1.807) is 4.90 Å². The average Bonchev–Trinajstić information content (AvgIpc) is 3.45. The van der Waals surface area contributed by atoms with Gasteiger partial charge in [-0.25, -0.2) is 13.3 Å². The van der Waals surface area contributed by atoms with Crippen LogP contribution in [0.2, 0.25) is 0 Å². The Morgan fingerprint density at radius 2 is 1.90 bits per heavy atom. The molecule has 2 saturated carbocycles. The number of fused-ring (bicyclic) bond motifs is 1. The van der Waals surface area contributed by atoms with Crippen molar-refractivity contribution >= 4 is 23.4 Å². The lowest BCUT2D eigenvalue weighted by atomic mass is 9.65. The van der Waals surface area contributed by atoms with Gasteiger partial charge in [-0.1, -0.05) is 6.07 Å². The third-order valence-electron chi connectivity index (χ3n) is 6.77. The molecule has 3 aliphatic rings. The van der Waals surface area contributed by atoms with E-state index in [1.807, 2.05) is 16.6 Å². The van der Waals surface area contributed by atoms with Crippen LogP contribution in [0.3, 0.4) is 0 Å². The van der Waals surface area contributed by atoms with E-state index in [2.05, 4.69) is 21.5 Å². The predicted molar refractivity (Wildman–Crippen MR) is 105 cm³/mol. The fraction of sp³-hybridized carbons (Fsp3) is 0.619. The largest absolute Gasteiger partial charge is 0.341 e. The molecular weight excluding hydrogens is 392 g/mol. The Morgan fingerprint density at radius 3 is 2.57 bits per heavy atom. The fourth-order valence-corrected chi connectivity index (χ4v) is 4.89. The SMILES string of the molecule is O=C(Nc1nc2cccc(C3CCC4(CC3)CN(C(=O)CC(F)F)C4)n2n1)C1CC1. The normalized spacial score (nSPS) is 21.2. The van der Waals surface area contributed by atoms with Gasteiger partial charge < -0.3 is 4.90 Å². The minimum Gasteiger partial charge on any atom is -0.341 e. The first-order chi connectivity index (χ1) is 14.4. The van der Waals surface area contributed by atoms with Gasteiger partial charge in [0.2, 0.25) is 24.2 Å². The number of amides is 2. The average molecular weight is 417 g/mol. The van der Waals surface area contributed by atoms with Crippen LogP contribution >= 0.6 is 0 Å². The van der Waals surface area contributed by atoms with Crippen LogP contribution in [0.5, 0.6) is 0 Å². The maximum atomic E-state index is 12.4. The number of carbonyl (C=O) groups is 2. The van der Waals surface area contributed by atoms with Crippen LogP contribution in [0, 0.1) is 11.3 Å². The second-order valence-corrected chi connectivity index (χ2v) is 9.04. The fourth-order valence-electron chi connectivity index (χ4n) is 4.89. The summed E-state index contributed by atoms with van der Waals surface area (Å²) in [6.07, 6.45) is 2.45. The van der Waals surface area contributed by atoms with Gasteiger partial charge in [0.15, 0.2) is 5.65 Å². The van der Waals surface area contributed by atoms with Crippen molar-refractivity contribution in [2.24, 2.45) is 11.3 Å². The van der Waals surface area contributed by atoms with Gasteiger partial charge >= 0.3 is 0 Å². The first kappa shape index (κ1) is 19.4. The summed E-state index contributed by atoms with van der Waals surface area (Å²) < 4.78 is 26.7. The van der Waals surface area contributed by atoms with Gasteiger partial charge in [-0.3, -0.25) is 14.9 Å². The second kappa shape index (κ2) is 7.28. The van der Waals surface area contributed by atoms with E-state index in [0.29, 0.717) is 30.6 Å². The highest BCUT2D eigenvalue weighted by Gasteiger charge is 2.47. The molecule has 0 unspecified atom stereocenters. The van der Waals surface area contributed by atoms with E-state index in [-0.39, 0.29) is 17.2 Å². The van der Waals surface area contributed by atoms with Gasteiger partial charge in [0, 0.05) is 36.0 Å². The number of nitrogens with zero attached hydrogens (tertiary/aromatic N) is 4. The summed E-state index contributed by atoms with van der Waals surface area (Å²) in [6.45, 7) is 1.19. The van der Waals surface area contributed by atoms with E-state index in [9.17, 15) is 18.4 Å². The number of anilines is 1. The van der Waals surface area contributed by atoms with Gasteiger partial charge in [-0.15, -0.1) is 5.10 Å². The number of aromatic nitrogens is 3. The zero-order valence-corrected chi connectivity index (χ0v) is 16.7. The Morgan fingerprint density at radius 1 is 1.17 bits per heavy atom. The van der Waals surface area contributed by atoms with Gasteiger partial charge in [-0.2, -0.15) is 4.98 Å². The molecule has 3 fully saturated rings. The molecule has 7 nitrogen and oxygen atoms in total. The second-order valence-electron chi connectivity index (χ2n) is 9.04. The number of hydrogen-bond donors (Lipinski definition) is 1. The van der Waals surface area contributed by atoms with E-state index >= 15 is 0 Å². The molecule has 1 N–H and O–H groups in total. The summed E-state index contributed by atoms with van der Waals surface area (Å²) in [5.74, 6) is 0.312. The van der Waals surface area contributed by atoms with Crippen LogP contribution in [0.4, 0.5) is 14.7 Å². The van der Waals surface area contributed by atoms with Crippen molar-refractivity contribution in [1.82, 2.24) is 19.5 Å². The van der Waals surface area contributed by atoms with Crippen LogP contribution in [-0.4, -0.2) is 50.8 Å². The van der Waals surface area contributed by atoms with Gasteiger partial charge in [-0.05, 0) is 50.7 Å². The van der Waals surface area contributed by atoms with Gasteiger partial charge in [0.1, 0.15) is 0 Å². The van der Waals surface area contributed by atoms with Crippen molar-refractivity contribution < 1.29 is 18.4 Å². The Hall–Kier alpha value is -2.58. The van der Waals surface area contributed by atoms with Crippen LogP contribution in [-0.2, 0) is 9.59 Å². The van der Waals surface area contributed by atoms with Crippen molar-refractivity contribution in [3.63, 3.8) is 0 Å². The zero-order chi connectivity index (χ0) is 20.9. The minimum atomic E-state index is -2.58. The molecule has 2 aromatic heterocycles. The summed E-state index contributed by atoms with van der Waals surface area (Å²) in [7, 11) is 0. The Labute approximate surface area is 172 Å². The smallest absolute Gasteiger partial charge is 0.249 e. The number of hydrogen-bond acceptors (Lipinski definition) is 4. The molecule has 30 heavy (non-hydrogen) atoms. The molecule has 5 rings (SSSR count). The van der Waals surface area contributed by atoms with E-state index in [4.69, 9.17) is 0 Å². The van der Waals surface area contributed by atoms with Crippen molar-refractivity contribution in [3.8, 4) is 0 Å². The van der Waals surface area contributed by atoms with Crippen molar-refractivity contribution in [3.05, 3.63) is 23.9 Å². The summed E-state index contributed by atoms with van der Waals surface area (Å²) in [5, 5.41) is 7.33. The van der Waals surface area contributed by atoms with Crippen molar-refractivity contribution in [1.29, 1.82) is 0 Å². The number of alkyl halides is 2. The van der Waals surface area contributed by atoms with Crippen LogP contribution in [0.1, 0.15) is 56.6 Å². The molecular formula is C21H25F2N5O2. The highest BCUT2D eigenvalue weighted by Crippen LogP contribution is 2.48. The quantitative estimate of drug-likeness (QED) is 0.810. The number of carbonyl (C=O) groups excluding carboxylic acids is 2. The monoisotopic (exact) mass is 417 g/mol. The molecule has 0 radical (unpaired) electrons. The van der Waals surface area contributed by atoms with Gasteiger partial charge in [0.25, 0.3) is 0 Å². The molecule has 1 aliphatic heterocycles.